The van der Waals surface area contributed by atoms with Crippen molar-refractivity contribution in [3.63, 3.8) is 0 Å². The van der Waals surface area contributed by atoms with Gasteiger partial charge in [-0.3, -0.25) is 4.98 Å². The van der Waals surface area contributed by atoms with Gasteiger partial charge in [0.05, 0.1) is 16.5 Å². The Labute approximate surface area is 347 Å². The number of para-hydroxylation sites is 2. The number of benzene rings is 8. The van der Waals surface area contributed by atoms with Gasteiger partial charge in [-0.25, -0.2) is 15.0 Å². The van der Waals surface area contributed by atoms with Crippen LogP contribution in [0.25, 0.3) is 78.4 Å². The van der Waals surface area contributed by atoms with Crippen molar-refractivity contribution in [2.45, 2.75) is 5.41 Å². The van der Waals surface area contributed by atoms with Gasteiger partial charge in [-0.1, -0.05) is 176 Å². The lowest BCUT2D eigenvalue weighted by Gasteiger charge is -2.40. The van der Waals surface area contributed by atoms with Gasteiger partial charge in [0.2, 0.25) is 0 Å². The molecule has 60 heavy (non-hydrogen) atoms. The van der Waals surface area contributed by atoms with E-state index in [0.717, 1.165) is 72.5 Å². The molecule has 0 amide bonds. The average molecular weight is 767 g/mol. The molecule has 0 N–H and O–H groups in total. The molecule has 2 aromatic heterocycles. The molecule has 10 aromatic rings. The monoisotopic (exact) mass is 766 g/mol. The highest BCUT2D eigenvalue weighted by Gasteiger charge is 2.52. The van der Waals surface area contributed by atoms with Crippen molar-refractivity contribution in [2.75, 3.05) is 0 Å². The molecule has 280 valence electrons. The number of rotatable bonds is 5. The number of fused-ring (bicyclic) bond motifs is 10. The van der Waals surface area contributed by atoms with Crippen LogP contribution in [0.5, 0.6) is 11.5 Å². The molecular formula is C55H34N4O. The third-order valence-corrected chi connectivity index (χ3v) is 12.0. The van der Waals surface area contributed by atoms with E-state index in [9.17, 15) is 0 Å². The largest absolute Gasteiger partial charge is 0.455 e. The van der Waals surface area contributed by atoms with E-state index in [4.69, 9.17) is 24.7 Å². The summed E-state index contributed by atoms with van der Waals surface area (Å²) in [7, 11) is 0. The van der Waals surface area contributed by atoms with Crippen LogP contribution < -0.4 is 4.74 Å². The standard InChI is InChI=1S/C55H34N4O/c1-3-15-35(16-4-1)38-19-11-20-40(33-38)53-57-52(37-17-5-2-6-18-37)58-54(59-53)44-25-13-29-48-51(44)60-50-41(39-31-30-36-21-14-32-56-49(36)34-39)24-12-28-47(50)55(48)45-26-9-7-22-42(45)43-23-8-10-27-46(43)55/h1-34H. The van der Waals surface area contributed by atoms with Crippen LogP contribution in [-0.2, 0) is 5.41 Å². The Bertz CT molecular complexity index is 3260. The minimum atomic E-state index is -0.695. The van der Waals surface area contributed by atoms with E-state index in [1.54, 1.807) is 0 Å². The number of aromatic nitrogens is 4. The first-order valence-corrected chi connectivity index (χ1v) is 20.2. The van der Waals surface area contributed by atoms with Gasteiger partial charge in [0, 0.05) is 39.4 Å². The molecule has 0 bridgehead atoms. The summed E-state index contributed by atoms with van der Waals surface area (Å²) in [6, 6.07) is 70.1. The van der Waals surface area contributed by atoms with Crippen LogP contribution in [0.2, 0.25) is 0 Å². The van der Waals surface area contributed by atoms with E-state index in [0.29, 0.717) is 17.5 Å². The second-order valence-electron chi connectivity index (χ2n) is 15.3. The molecular weight excluding hydrogens is 733 g/mol. The minimum absolute atomic E-state index is 0.534. The highest BCUT2D eigenvalue weighted by atomic mass is 16.5. The zero-order chi connectivity index (χ0) is 39.6. The summed E-state index contributed by atoms with van der Waals surface area (Å²) >= 11 is 0. The predicted molar refractivity (Wildman–Crippen MR) is 240 cm³/mol. The van der Waals surface area contributed by atoms with Gasteiger partial charge in [-0.05, 0) is 63.2 Å². The van der Waals surface area contributed by atoms with Crippen molar-refractivity contribution in [1.29, 1.82) is 0 Å². The zero-order valence-electron chi connectivity index (χ0n) is 32.3. The van der Waals surface area contributed by atoms with Crippen molar-refractivity contribution < 1.29 is 4.74 Å². The molecule has 12 rings (SSSR count). The van der Waals surface area contributed by atoms with Gasteiger partial charge in [0.25, 0.3) is 0 Å². The number of ether oxygens (including phenoxy) is 1. The highest BCUT2D eigenvalue weighted by Crippen LogP contribution is 2.64. The fraction of sp³-hybridized carbons (Fsp3) is 0.0182. The Balaban J connectivity index is 1.14. The molecule has 0 saturated carbocycles. The van der Waals surface area contributed by atoms with Gasteiger partial charge in [-0.2, -0.15) is 0 Å². The molecule has 3 heterocycles. The van der Waals surface area contributed by atoms with Crippen LogP contribution in [0.3, 0.4) is 0 Å². The lowest BCUT2D eigenvalue weighted by molar-refractivity contribution is 0.439. The molecule has 0 radical (unpaired) electrons. The maximum absolute atomic E-state index is 7.42. The van der Waals surface area contributed by atoms with Gasteiger partial charge in [-0.15, -0.1) is 0 Å². The molecule has 8 aromatic carbocycles. The number of hydrogen-bond donors (Lipinski definition) is 0. The summed E-state index contributed by atoms with van der Waals surface area (Å²) in [4.78, 5) is 20.4. The van der Waals surface area contributed by atoms with E-state index in [2.05, 4.69) is 158 Å². The smallest absolute Gasteiger partial charge is 0.167 e. The normalized spacial score (nSPS) is 12.9. The van der Waals surface area contributed by atoms with Crippen molar-refractivity contribution in [2.24, 2.45) is 0 Å². The summed E-state index contributed by atoms with van der Waals surface area (Å²) in [5.74, 6) is 3.22. The summed E-state index contributed by atoms with van der Waals surface area (Å²) in [6.45, 7) is 0. The number of nitrogens with zero attached hydrogens (tertiary/aromatic N) is 4. The number of pyridine rings is 1. The molecule has 0 saturated heterocycles. The lowest BCUT2D eigenvalue weighted by atomic mass is 9.65. The first-order chi connectivity index (χ1) is 29.7. The van der Waals surface area contributed by atoms with E-state index in [-0.39, 0.29) is 0 Å². The Morgan fingerprint density at radius 1 is 0.333 bits per heavy atom. The van der Waals surface area contributed by atoms with Crippen LogP contribution in [0.15, 0.2) is 206 Å². The lowest BCUT2D eigenvalue weighted by Crippen LogP contribution is -2.32. The van der Waals surface area contributed by atoms with Crippen LogP contribution in [0.1, 0.15) is 22.3 Å². The first kappa shape index (κ1) is 34.1. The van der Waals surface area contributed by atoms with E-state index >= 15 is 0 Å². The summed E-state index contributed by atoms with van der Waals surface area (Å²) in [5, 5.41) is 1.09. The minimum Gasteiger partial charge on any atom is -0.455 e. The van der Waals surface area contributed by atoms with Gasteiger partial charge >= 0.3 is 0 Å². The predicted octanol–water partition coefficient (Wildman–Crippen LogP) is 13.2. The van der Waals surface area contributed by atoms with Crippen LogP contribution in [0.4, 0.5) is 0 Å². The average Bonchev–Trinajstić information content (AvgIpc) is 3.62. The SMILES string of the molecule is c1ccc(-c2cccc(-c3nc(-c4ccccc4)nc(-c4cccc5c4Oc4c(-c6ccc7cccnc7c6)cccc4C54c5ccccc5-c5ccccc54)n3)c2)cc1. The molecule has 1 aliphatic carbocycles. The number of hydrogen-bond acceptors (Lipinski definition) is 5. The fourth-order valence-electron chi connectivity index (χ4n) is 9.39. The Hall–Kier alpha value is -8.02. The molecule has 0 unspecified atom stereocenters. The zero-order valence-corrected chi connectivity index (χ0v) is 32.3. The first-order valence-electron chi connectivity index (χ1n) is 20.2. The van der Waals surface area contributed by atoms with Gasteiger partial charge in [0.1, 0.15) is 11.5 Å². The molecule has 1 spiro atoms. The second kappa shape index (κ2) is 13.5. The topological polar surface area (TPSA) is 60.8 Å². The highest BCUT2D eigenvalue weighted by molar-refractivity contribution is 5.93. The summed E-state index contributed by atoms with van der Waals surface area (Å²) in [6.07, 6.45) is 1.84. The Morgan fingerprint density at radius 3 is 1.60 bits per heavy atom. The molecule has 5 heteroatoms. The Morgan fingerprint density at radius 2 is 0.867 bits per heavy atom. The van der Waals surface area contributed by atoms with E-state index in [1.807, 2.05) is 48.7 Å². The molecule has 0 atom stereocenters. The van der Waals surface area contributed by atoms with E-state index < -0.39 is 5.41 Å². The maximum Gasteiger partial charge on any atom is 0.167 e. The molecule has 2 aliphatic rings. The van der Waals surface area contributed by atoms with Crippen molar-refractivity contribution in [1.82, 2.24) is 19.9 Å². The van der Waals surface area contributed by atoms with Crippen LogP contribution in [0, 0.1) is 0 Å². The molecule has 0 fully saturated rings. The van der Waals surface area contributed by atoms with E-state index in [1.165, 1.54) is 22.3 Å². The third-order valence-electron chi connectivity index (χ3n) is 12.0. The van der Waals surface area contributed by atoms with Crippen LogP contribution >= 0.6 is 0 Å². The Kier molecular flexibility index (Phi) is 7.69. The second-order valence-corrected chi connectivity index (χ2v) is 15.3. The fourth-order valence-corrected chi connectivity index (χ4v) is 9.39. The quantitative estimate of drug-likeness (QED) is 0.175. The van der Waals surface area contributed by atoms with Crippen molar-refractivity contribution in [3.05, 3.63) is 229 Å². The van der Waals surface area contributed by atoms with Gasteiger partial charge in [0.15, 0.2) is 17.5 Å². The molecule has 1 aliphatic heterocycles. The van der Waals surface area contributed by atoms with Crippen molar-refractivity contribution in [3.8, 4) is 79.0 Å². The van der Waals surface area contributed by atoms with Gasteiger partial charge < -0.3 is 4.74 Å². The molecule has 5 nitrogen and oxygen atoms in total. The summed E-state index contributed by atoms with van der Waals surface area (Å²) in [5.41, 5.74) is 14.0. The third kappa shape index (κ3) is 5.19. The summed E-state index contributed by atoms with van der Waals surface area (Å²) < 4.78 is 7.42. The van der Waals surface area contributed by atoms with Crippen molar-refractivity contribution >= 4 is 10.9 Å². The van der Waals surface area contributed by atoms with Crippen LogP contribution in [-0.4, -0.2) is 19.9 Å². The maximum atomic E-state index is 7.42.